The molecule has 1 aliphatic heterocycles. The van der Waals surface area contributed by atoms with Gasteiger partial charge in [-0.15, -0.1) is 11.8 Å². The Morgan fingerprint density at radius 1 is 1.22 bits per heavy atom. The maximum atomic E-state index is 12.2. The van der Waals surface area contributed by atoms with Crippen molar-refractivity contribution in [2.75, 3.05) is 17.3 Å². The summed E-state index contributed by atoms with van der Waals surface area (Å²) in [4.78, 5) is 12.2. The number of ether oxygens (including phenoxy) is 1. The number of carbonyl (C=O) groups is 1. The normalized spacial score (nSPS) is 22.5. The molecule has 1 heterocycles. The van der Waals surface area contributed by atoms with Gasteiger partial charge in [0.2, 0.25) is 5.91 Å². The fourth-order valence-electron chi connectivity index (χ4n) is 3.05. The number of rotatable bonds is 5. The van der Waals surface area contributed by atoms with Gasteiger partial charge in [0, 0.05) is 23.8 Å². The maximum absolute atomic E-state index is 12.2. The highest BCUT2D eigenvalue weighted by Gasteiger charge is 2.21. The van der Waals surface area contributed by atoms with E-state index in [4.69, 9.17) is 4.74 Å². The highest BCUT2D eigenvalue weighted by atomic mass is 32.2. The van der Waals surface area contributed by atoms with Gasteiger partial charge in [0.1, 0.15) is 5.75 Å². The summed E-state index contributed by atoms with van der Waals surface area (Å²) in [5.41, 5.74) is 1.11. The summed E-state index contributed by atoms with van der Waals surface area (Å²) < 4.78 is 6.10. The van der Waals surface area contributed by atoms with Gasteiger partial charge in [-0.1, -0.05) is 18.6 Å². The lowest BCUT2D eigenvalue weighted by molar-refractivity contribution is -0.120. The molecule has 1 aromatic rings. The molecule has 2 fully saturated rings. The quantitative estimate of drug-likeness (QED) is 0.874. The van der Waals surface area contributed by atoms with E-state index in [1.165, 1.54) is 19.3 Å². The average Bonchev–Trinajstić information content (AvgIpc) is 2.62. The Labute approximate surface area is 147 Å². The van der Waals surface area contributed by atoms with Gasteiger partial charge in [-0.3, -0.25) is 4.79 Å². The van der Waals surface area contributed by atoms with Gasteiger partial charge in [0.05, 0.1) is 11.4 Å². The molecule has 3 rings (SSSR count). The topological polar surface area (TPSA) is 38.3 Å². The van der Waals surface area contributed by atoms with Gasteiger partial charge >= 0.3 is 0 Å². The minimum Gasteiger partial charge on any atom is -0.490 e. The fourth-order valence-corrected chi connectivity index (χ4v) is 5.63. The lowest BCUT2D eigenvalue weighted by atomic mass is 9.98. The summed E-state index contributed by atoms with van der Waals surface area (Å²) in [5, 5.41) is 3.18. The predicted octanol–water partition coefficient (Wildman–Crippen LogP) is 3.86. The molecule has 1 atom stereocenters. The lowest BCUT2D eigenvalue weighted by Gasteiger charge is -2.23. The third kappa shape index (κ3) is 5.35. The van der Waals surface area contributed by atoms with Crippen molar-refractivity contribution in [3.8, 4) is 5.75 Å². The molecule has 0 aromatic heterocycles. The van der Waals surface area contributed by atoms with E-state index in [9.17, 15) is 4.79 Å². The Balaban J connectivity index is 1.49. The van der Waals surface area contributed by atoms with Crippen molar-refractivity contribution in [2.45, 2.75) is 50.0 Å². The van der Waals surface area contributed by atoms with Crippen LogP contribution in [0.3, 0.4) is 0 Å². The largest absolute Gasteiger partial charge is 0.490 e. The smallest absolute Gasteiger partial charge is 0.234 e. The molecule has 1 aromatic carbocycles. The van der Waals surface area contributed by atoms with Gasteiger partial charge in [-0.2, -0.15) is 11.8 Å². The Bertz CT molecular complexity index is 511. The summed E-state index contributed by atoms with van der Waals surface area (Å²) in [6.45, 7) is 0.586. The minimum atomic E-state index is 0.107. The highest BCUT2D eigenvalue weighted by molar-refractivity contribution is 8.07. The third-order valence-corrected chi connectivity index (χ3v) is 7.08. The first-order valence-electron chi connectivity index (χ1n) is 8.54. The maximum Gasteiger partial charge on any atom is 0.234 e. The molecule has 1 N–H and O–H groups in total. The standard InChI is InChI=1S/C18H25NO2S2/c20-18(17-13-22-9-10-23-17)19-12-14-5-4-8-16(11-14)21-15-6-2-1-3-7-15/h4-5,8,11,15,17H,1-3,6-7,9-10,12-13H2,(H,19,20). The molecule has 0 bridgehead atoms. The number of thioether (sulfide) groups is 2. The molecule has 23 heavy (non-hydrogen) atoms. The molecule has 1 aliphatic carbocycles. The molecule has 1 unspecified atom stereocenters. The number of hydrogen-bond acceptors (Lipinski definition) is 4. The van der Waals surface area contributed by atoms with E-state index in [2.05, 4.69) is 17.4 Å². The molecule has 5 heteroatoms. The Morgan fingerprint density at radius 2 is 2.09 bits per heavy atom. The first kappa shape index (κ1) is 17.0. The number of nitrogens with one attached hydrogen (secondary N) is 1. The summed E-state index contributed by atoms with van der Waals surface area (Å²) in [6.07, 6.45) is 6.58. The first-order valence-corrected chi connectivity index (χ1v) is 10.7. The zero-order valence-corrected chi connectivity index (χ0v) is 15.1. The summed E-state index contributed by atoms with van der Waals surface area (Å²) in [6, 6.07) is 8.16. The Morgan fingerprint density at radius 3 is 2.87 bits per heavy atom. The van der Waals surface area contributed by atoms with Crippen LogP contribution >= 0.6 is 23.5 Å². The summed E-state index contributed by atoms with van der Waals surface area (Å²) >= 11 is 3.65. The number of hydrogen-bond donors (Lipinski definition) is 1. The monoisotopic (exact) mass is 351 g/mol. The lowest BCUT2D eigenvalue weighted by Crippen LogP contribution is -2.35. The molecule has 1 amide bonds. The van der Waals surface area contributed by atoms with Gasteiger partial charge in [0.15, 0.2) is 0 Å². The van der Waals surface area contributed by atoms with Crippen molar-refractivity contribution in [3.63, 3.8) is 0 Å². The number of carbonyl (C=O) groups excluding carboxylic acids is 1. The predicted molar refractivity (Wildman–Crippen MR) is 99.4 cm³/mol. The third-order valence-electron chi connectivity index (χ3n) is 4.33. The molecule has 126 valence electrons. The van der Waals surface area contributed by atoms with Crippen LogP contribution in [0.5, 0.6) is 5.75 Å². The van der Waals surface area contributed by atoms with E-state index in [0.29, 0.717) is 12.6 Å². The molecule has 0 radical (unpaired) electrons. The second-order valence-corrected chi connectivity index (χ2v) is 8.64. The first-order chi connectivity index (χ1) is 11.3. The van der Waals surface area contributed by atoms with Crippen LogP contribution in [0.15, 0.2) is 24.3 Å². The average molecular weight is 352 g/mol. The van der Waals surface area contributed by atoms with Gasteiger partial charge < -0.3 is 10.1 Å². The molecule has 1 saturated carbocycles. The van der Waals surface area contributed by atoms with Crippen LogP contribution in [0, 0.1) is 0 Å². The zero-order valence-electron chi connectivity index (χ0n) is 13.5. The van der Waals surface area contributed by atoms with Crippen molar-refractivity contribution in [3.05, 3.63) is 29.8 Å². The van der Waals surface area contributed by atoms with Crippen LogP contribution < -0.4 is 10.1 Å². The molecular formula is C18H25NO2S2. The summed E-state index contributed by atoms with van der Waals surface area (Å²) in [7, 11) is 0. The van der Waals surface area contributed by atoms with Gasteiger partial charge in [-0.05, 0) is 43.4 Å². The molecule has 2 aliphatic rings. The van der Waals surface area contributed by atoms with E-state index in [1.807, 2.05) is 23.9 Å². The minimum absolute atomic E-state index is 0.107. The van der Waals surface area contributed by atoms with E-state index >= 15 is 0 Å². The second-order valence-electron chi connectivity index (χ2n) is 6.18. The Kier molecular flexibility index (Phi) is 6.57. The van der Waals surface area contributed by atoms with Crippen LogP contribution in [-0.2, 0) is 11.3 Å². The zero-order chi connectivity index (χ0) is 15.9. The highest BCUT2D eigenvalue weighted by Crippen LogP contribution is 2.25. The van der Waals surface area contributed by atoms with Crippen LogP contribution in [0.2, 0.25) is 0 Å². The van der Waals surface area contributed by atoms with Crippen molar-refractivity contribution in [2.24, 2.45) is 0 Å². The van der Waals surface area contributed by atoms with E-state index in [0.717, 1.165) is 41.4 Å². The van der Waals surface area contributed by atoms with Gasteiger partial charge in [0.25, 0.3) is 0 Å². The SMILES string of the molecule is O=C(NCc1cccc(OC2CCCCC2)c1)C1CSCCS1. The van der Waals surface area contributed by atoms with Crippen molar-refractivity contribution in [1.82, 2.24) is 5.32 Å². The van der Waals surface area contributed by atoms with Crippen LogP contribution in [0.25, 0.3) is 0 Å². The molecule has 0 spiro atoms. The molecular weight excluding hydrogens is 326 g/mol. The molecule has 3 nitrogen and oxygen atoms in total. The van der Waals surface area contributed by atoms with Crippen molar-refractivity contribution >= 4 is 29.4 Å². The fraction of sp³-hybridized carbons (Fsp3) is 0.611. The van der Waals surface area contributed by atoms with Crippen molar-refractivity contribution in [1.29, 1.82) is 0 Å². The van der Waals surface area contributed by atoms with Crippen LogP contribution in [-0.4, -0.2) is 34.5 Å². The van der Waals surface area contributed by atoms with Gasteiger partial charge in [-0.25, -0.2) is 0 Å². The summed E-state index contributed by atoms with van der Waals surface area (Å²) in [5.74, 6) is 4.27. The number of amides is 1. The Hall–Kier alpha value is -0.810. The van der Waals surface area contributed by atoms with E-state index < -0.39 is 0 Å². The van der Waals surface area contributed by atoms with Crippen molar-refractivity contribution < 1.29 is 9.53 Å². The van der Waals surface area contributed by atoms with E-state index in [1.54, 1.807) is 11.8 Å². The van der Waals surface area contributed by atoms with Crippen LogP contribution in [0.4, 0.5) is 0 Å². The van der Waals surface area contributed by atoms with E-state index in [-0.39, 0.29) is 11.2 Å². The second kappa shape index (κ2) is 8.88. The number of benzene rings is 1. The van der Waals surface area contributed by atoms with Crippen LogP contribution in [0.1, 0.15) is 37.7 Å². The molecule has 1 saturated heterocycles.